The third-order valence-electron chi connectivity index (χ3n) is 6.53. The fourth-order valence-corrected chi connectivity index (χ4v) is 5.60. The number of aliphatic hydroxyl groups is 1. The highest BCUT2D eigenvalue weighted by molar-refractivity contribution is 7.15. The normalized spacial score (nSPS) is 23.6. The van der Waals surface area contributed by atoms with Crippen LogP contribution in [0.15, 0.2) is 6.07 Å². The van der Waals surface area contributed by atoms with Crippen molar-refractivity contribution in [2.24, 2.45) is 17.3 Å². The molecule has 7 heteroatoms. The molecule has 1 aliphatic carbocycles. The lowest BCUT2D eigenvalue weighted by molar-refractivity contribution is -0.124. The molecule has 3 rings (SSSR count). The summed E-state index contributed by atoms with van der Waals surface area (Å²) in [5, 5.41) is 9.39. The first-order valence-corrected chi connectivity index (χ1v) is 12.9. The molecule has 0 spiro atoms. The van der Waals surface area contributed by atoms with Crippen molar-refractivity contribution in [1.29, 1.82) is 0 Å². The molecule has 1 saturated carbocycles. The zero-order chi connectivity index (χ0) is 24.2. The van der Waals surface area contributed by atoms with E-state index in [-0.39, 0.29) is 29.9 Å². The maximum Gasteiger partial charge on any atom is 0.350 e. The minimum atomic E-state index is -0.431. The van der Waals surface area contributed by atoms with E-state index in [4.69, 9.17) is 4.74 Å². The quantitative estimate of drug-likeness (QED) is 0.495. The molecule has 1 saturated heterocycles. The summed E-state index contributed by atoms with van der Waals surface area (Å²) in [6.07, 6.45) is 4.70. The second-order valence-corrected chi connectivity index (χ2v) is 11.5. The van der Waals surface area contributed by atoms with E-state index in [1.807, 2.05) is 31.7 Å². The summed E-state index contributed by atoms with van der Waals surface area (Å²) in [7, 11) is 1.37. The van der Waals surface area contributed by atoms with Crippen LogP contribution < -0.4 is 4.90 Å². The van der Waals surface area contributed by atoms with E-state index in [0.29, 0.717) is 29.6 Å². The summed E-state index contributed by atoms with van der Waals surface area (Å²) >= 11 is 1.30. The molecule has 1 amide bonds. The van der Waals surface area contributed by atoms with Crippen molar-refractivity contribution < 1.29 is 19.4 Å². The van der Waals surface area contributed by atoms with Gasteiger partial charge in [-0.1, -0.05) is 18.8 Å². The first-order valence-electron chi connectivity index (χ1n) is 12.0. The third kappa shape index (κ3) is 6.59. The van der Waals surface area contributed by atoms with Crippen LogP contribution in [0.1, 0.15) is 74.3 Å². The maximum absolute atomic E-state index is 13.9. The molecular formula is C26H38N2O4S. The van der Waals surface area contributed by atoms with Crippen LogP contribution in [0, 0.1) is 29.1 Å². The predicted octanol–water partition coefficient (Wildman–Crippen LogP) is 4.16. The highest BCUT2D eigenvalue weighted by atomic mass is 32.1. The van der Waals surface area contributed by atoms with Gasteiger partial charge in [0.15, 0.2) is 0 Å². The number of ether oxygens (including phenoxy) is 1. The number of nitrogens with zero attached hydrogens (tertiary/aromatic N) is 2. The van der Waals surface area contributed by atoms with Crippen LogP contribution in [-0.4, -0.2) is 61.3 Å². The van der Waals surface area contributed by atoms with Gasteiger partial charge >= 0.3 is 5.97 Å². The molecule has 2 aliphatic rings. The second-order valence-electron chi connectivity index (χ2n) is 10.4. The smallest absolute Gasteiger partial charge is 0.350 e. The lowest BCUT2D eigenvalue weighted by Gasteiger charge is -2.34. The molecule has 1 aromatic heterocycles. The number of rotatable bonds is 6. The molecule has 0 aromatic carbocycles. The number of β-amino-alcohol motifs (C(OH)–C–C–N with tert-alkyl or cyclic N) is 1. The molecule has 1 atom stereocenters. The Morgan fingerprint density at radius 3 is 2.55 bits per heavy atom. The van der Waals surface area contributed by atoms with Crippen molar-refractivity contribution in [3.63, 3.8) is 0 Å². The minimum absolute atomic E-state index is 0.0254. The SMILES string of the molecule is COC(=O)c1sc(C#CC(C)(C)C)cc1N(C(=O)C1CCC(C)CC1)C1CCN(CCO)C1. The van der Waals surface area contributed by atoms with Gasteiger partial charge in [-0.15, -0.1) is 11.3 Å². The highest BCUT2D eigenvalue weighted by Crippen LogP contribution is 2.38. The molecular weight excluding hydrogens is 436 g/mol. The number of methoxy groups -OCH3 is 1. The zero-order valence-corrected chi connectivity index (χ0v) is 21.5. The van der Waals surface area contributed by atoms with Crippen molar-refractivity contribution in [1.82, 2.24) is 4.90 Å². The number of esters is 1. The van der Waals surface area contributed by atoms with Crippen LogP contribution in [0.25, 0.3) is 0 Å². The van der Waals surface area contributed by atoms with E-state index >= 15 is 0 Å². The largest absolute Gasteiger partial charge is 0.465 e. The van der Waals surface area contributed by atoms with Crippen LogP contribution in [0.5, 0.6) is 0 Å². The maximum atomic E-state index is 13.9. The lowest BCUT2D eigenvalue weighted by atomic mass is 9.82. The van der Waals surface area contributed by atoms with Crippen LogP contribution in [0.4, 0.5) is 5.69 Å². The molecule has 1 unspecified atom stereocenters. The summed E-state index contributed by atoms with van der Waals surface area (Å²) in [5.74, 6) is 6.74. The number of carbonyl (C=O) groups is 2. The van der Waals surface area contributed by atoms with Gasteiger partial charge in [0.25, 0.3) is 0 Å². The molecule has 1 aromatic rings. The van der Waals surface area contributed by atoms with Gasteiger partial charge in [0, 0.05) is 31.0 Å². The molecule has 2 fully saturated rings. The molecule has 2 heterocycles. The van der Waals surface area contributed by atoms with E-state index in [1.54, 1.807) is 0 Å². The zero-order valence-electron chi connectivity index (χ0n) is 20.6. The Morgan fingerprint density at radius 2 is 1.94 bits per heavy atom. The van der Waals surface area contributed by atoms with Gasteiger partial charge in [0.05, 0.1) is 30.3 Å². The number of hydrogen-bond acceptors (Lipinski definition) is 6. The summed E-state index contributed by atoms with van der Waals surface area (Å²) in [5.41, 5.74) is 0.463. The summed E-state index contributed by atoms with van der Waals surface area (Å²) in [6, 6.07) is 1.86. The van der Waals surface area contributed by atoms with E-state index in [2.05, 4.69) is 23.7 Å². The Kier molecular flexibility index (Phi) is 8.60. The first-order chi connectivity index (χ1) is 15.6. The third-order valence-corrected chi connectivity index (χ3v) is 7.55. The molecule has 0 bridgehead atoms. The van der Waals surface area contributed by atoms with Crippen molar-refractivity contribution in [3.8, 4) is 11.8 Å². The van der Waals surface area contributed by atoms with E-state index in [0.717, 1.165) is 43.5 Å². The standard InChI is InChI=1S/C26H38N2O4S/c1-18-6-8-19(9-7-18)24(30)28(20-11-13-27(17-20)14-15-29)22-16-21(10-12-26(2,3)4)33-23(22)25(31)32-5/h16,18-20,29H,6-9,11,13-15,17H2,1-5H3. The molecule has 0 radical (unpaired) electrons. The first kappa shape index (κ1) is 25.7. The molecule has 33 heavy (non-hydrogen) atoms. The Balaban J connectivity index is 2.01. The van der Waals surface area contributed by atoms with Crippen molar-refractivity contribution in [2.75, 3.05) is 38.3 Å². The van der Waals surface area contributed by atoms with Gasteiger partial charge in [-0.05, 0) is 64.9 Å². The summed E-state index contributed by atoms with van der Waals surface area (Å²) in [4.78, 5) is 31.9. The molecule has 182 valence electrons. The number of likely N-dealkylation sites (tertiary alicyclic amines) is 1. The monoisotopic (exact) mass is 474 g/mol. The molecule has 1 aliphatic heterocycles. The Morgan fingerprint density at radius 1 is 1.24 bits per heavy atom. The topological polar surface area (TPSA) is 70.1 Å². The Hall–Kier alpha value is -1.88. The second kappa shape index (κ2) is 11.0. The number of thiophene rings is 1. The number of aliphatic hydroxyl groups excluding tert-OH is 1. The average Bonchev–Trinajstić information content (AvgIpc) is 3.40. The van der Waals surface area contributed by atoms with Gasteiger partial charge in [-0.3, -0.25) is 9.69 Å². The number of anilines is 1. The van der Waals surface area contributed by atoms with Gasteiger partial charge < -0.3 is 14.7 Å². The summed E-state index contributed by atoms with van der Waals surface area (Å²) < 4.78 is 5.09. The summed E-state index contributed by atoms with van der Waals surface area (Å²) in [6.45, 7) is 10.6. The van der Waals surface area contributed by atoms with Crippen molar-refractivity contribution in [3.05, 3.63) is 15.8 Å². The van der Waals surface area contributed by atoms with Crippen molar-refractivity contribution in [2.45, 2.75) is 65.8 Å². The number of hydrogen-bond donors (Lipinski definition) is 1. The van der Waals surface area contributed by atoms with Gasteiger partial charge in [-0.25, -0.2) is 4.79 Å². The van der Waals surface area contributed by atoms with Crippen LogP contribution in [0.3, 0.4) is 0 Å². The Labute approximate surface area is 202 Å². The van der Waals surface area contributed by atoms with Crippen LogP contribution >= 0.6 is 11.3 Å². The molecule has 1 N–H and O–H groups in total. The Bertz CT molecular complexity index is 900. The van der Waals surface area contributed by atoms with E-state index < -0.39 is 5.97 Å². The van der Waals surface area contributed by atoms with Gasteiger partial charge in [0.2, 0.25) is 5.91 Å². The fraction of sp³-hybridized carbons (Fsp3) is 0.692. The fourth-order valence-electron chi connectivity index (χ4n) is 4.68. The lowest BCUT2D eigenvalue weighted by Crippen LogP contribution is -2.46. The van der Waals surface area contributed by atoms with Crippen LogP contribution in [-0.2, 0) is 9.53 Å². The highest BCUT2D eigenvalue weighted by Gasteiger charge is 2.38. The number of amides is 1. The van der Waals surface area contributed by atoms with E-state index in [1.165, 1.54) is 18.4 Å². The molecule has 6 nitrogen and oxygen atoms in total. The predicted molar refractivity (Wildman–Crippen MR) is 133 cm³/mol. The number of carbonyl (C=O) groups excluding carboxylic acids is 2. The average molecular weight is 475 g/mol. The van der Waals surface area contributed by atoms with Crippen molar-refractivity contribution >= 4 is 28.9 Å². The van der Waals surface area contributed by atoms with E-state index in [9.17, 15) is 14.7 Å². The van der Waals surface area contributed by atoms with Gasteiger partial charge in [-0.2, -0.15) is 0 Å². The van der Waals surface area contributed by atoms with Crippen LogP contribution in [0.2, 0.25) is 0 Å². The van der Waals surface area contributed by atoms with Gasteiger partial charge in [0.1, 0.15) is 4.88 Å². The minimum Gasteiger partial charge on any atom is -0.465 e.